The summed E-state index contributed by atoms with van der Waals surface area (Å²) in [7, 11) is 0. The van der Waals surface area contributed by atoms with Crippen molar-refractivity contribution in [3.8, 4) is 17.1 Å². The van der Waals surface area contributed by atoms with E-state index in [1.165, 1.54) is 11.8 Å². The fourth-order valence-corrected chi connectivity index (χ4v) is 4.61. The van der Waals surface area contributed by atoms with Gasteiger partial charge in [0, 0.05) is 35.6 Å². The molecule has 2 aromatic heterocycles. The monoisotopic (exact) mass is 485 g/mol. The van der Waals surface area contributed by atoms with Gasteiger partial charge in [0.25, 0.3) is 0 Å². The van der Waals surface area contributed by atoms with E-state index in [0.29, 0.717) is 28.7 Å². The van der Waals surface area contributed by atoms with Crippen LogP contribution >= 0.6 is 11.8 Å². The SMILES string of the molecule is CCCC(=O)Nc1ccc(C(=O)C(C)Sc2nnc(-c3cccnc3)n2-c2ccccc2C)cc1. The van der Waals surface area contributed by atoms with Crippen LogP contribution in [0.4, 0.5) is 5.69 Å². The van der Waals surface area contributed by atoms with E-state index in [-0.39, 0.29) is 11.7 Å². The Labute approximate surface area is 209 Å². The minimum atomic E-state index is -0.399. The van der Waals surface area contributed by atoms with Gasteiger partial charge in [-0.3, -0.25) is 19.1 Å². The highest BCUT2D eigenvalue weighted by Crippen LogP contribution is 2.32. The summed E-state index contributed by atoms with van der Waals surface area (Å²) in [5.41, 5.74) is 4.12. The molecule has 0 aliphatic carbocycles. The number of Topliss-reactive ketones (excluding diaryl/α,β-unsaturated/α-hetero) is 1. The van der Waals surface area contributed by atoms with Crippen LogP contribution in [-0.4, -0.2) is 36.7 Å². The average Bonchev–Trinajstić information content (AvgIpc) is 3.28. The highest BCUT2D eigenvalue weighted by Gasteiger charge is 2.23. The second kappa shape index (κ2) is 11.1. The first-order valence-electron chi connectivity index (χ1n) is 11.5. The van der Waals surface area contributed by atoms with Gasteiger partial charge < -0.3 is 5.32 Å². The van der Waals surface area contributed by atoms with Gasteiger partial charge in [-0.05, 0) is 68.3 Å². The summed E-state index contributed by atoms with van der Waals surface area (Å²) >= 11 is 1.36. The van der Waals surface area contributed by atoms with Gasteiger partial charge in [0.1, 0.15) is 0 Å². The first kappa shape index (κ1) is 24.3. The first-order chi connectivity index (χ1) is 17.0. The summed E-state index contributed by atoms with van der Waals surface area (Å²) in [6, 6.07) is 18.8. The lowest BCUT2D eigenvalue weighted by Gasteiger charge is -2.15. The summed E-state index contributed by atoms with van der Waals surface area (Å²) in [4.78, 5) is 29.2. The third-order valence-electron chi connectivity index (χ3n) is 5.49. The summed E-state index contributed by atoms with van der Waals surface area (Å²) in [5, 5.41) is 12.0. The molecule has 0 aliphatic heterocycles. The van der Waals surface area contributed by atoms with Crippen LogP contribution in [0.1, 0.15) is 42.6 Å². The maximum Gasteiger partial charge on any atom is 0.224 e. The van der Waals surface area contributed by atoms with Crippen LogP contribution in [0.5, 0.6) is 0 Å². The largest absolute Gasteiger partial charge is 0.326 e. The van der Waals surface area contributed by atoms with E-state index in [1.54, 1.807) is 36.7 Å². The third kappa shape index (κ3) is 5.66. The number of hydrogen-bond donors (Lipinski definition) is 1. The van der Waals surface area contributed by atoms with Crippen molar-refractivity contribution in [3.05, 3.63) is 84.2 Å². The summed E-state index contributed by atoms with van der Waals surface area (Å²) in [5.74, 6) is 0.612. The number of amides is 1. The van der Waals surface area contributed by atoms with Crippen molar-refractivity contribution in [2.24, 2.45) is 0 Å². The van der Waals surface area contributed by atoms with Crippen molar-refractivity contribution in [1.82, 2.24) is 19.7 Å². The van der Waals surface area contributed by atoms with E-state index in [4.69, 9.17) is 0 Å². The molecule has 178 valence electrons. The molecule has 0 spiro atoms. The molecule has 4 rings (SSSR count). The lowest BCUT2D eigenvalue weighted by molar-refractivity contribution is -0.116. The van der Waals surface area contributed by atoms with Gasteiger partial charge in [0.15, 0.2) is 16.8 Å². The normalized spacial score (nSPS) is 11.7. The molecule has 8 heteroatoms. The minimum absolute atomic E-state index is 0.0244. The highest BCUT2D eigenvalue weighted by molar-refractivity contribution is 8.00. The second-order valence-electron chi connectivity index (χ2n) is 8.17. The van der Waals surface area contributed by atoms with Gasteiger partial charge in [0.05, 0.1) is 10.9 Å². The number of pyridine rings is 1. The number of carbonyl (C=O) groups excluding carboxylic acids is 2. The van der Waals surface area contributed by atoms with Crippen molar-refractivity contribution in [2.45, 2.75) is 44.0 Å². The Bertz CT molecular complexity index is 1320. The van der Waals surface area contributed by atoms with Crippen molar-refractivity contribution in [1.29, 1.82) is 0 Å². The molecule has 7 nitrogen and oxygen atoms in total. The van der Waals surface area contributed by atoms with Crippen molar-refractivity contribution >= 4 is 29.1 Å². The zero-order chi connectivity index (χ0) is 24.8. The number of thioether (sulfide) groups is 1. The summed E-state index contributed by atoms with van der Waals surface area (Å²) in [6.07, 6.45) is 4.72. The van der Waals surface area contributed by atoms with Crippen molar-refractivity contribution in [2.75, 3.05) is 5.32 Å². The lowest BCUT2D eigenvalue weighted by atomic mass is 10.1. The molecule has 0 radical (unpaired) electrons. The van der Waals surface area contributed by atoms with Crippen LogP contribution in [0.3, 0.4) is 0 Å². The van der Waals surface area contributed by atoms with E-state index in [1.807, 2.05) is 61.7 Å². The fraction of sp³-hybridized carbons (Fsp3) is 0.222. The molecule has 0 aliphatic rings. The molecule has 0 bridgehead atoms. The van der Waals surface area contributed by atoms with Crippen LogP contribution < -0.4 is 5.32 Å². The molecule has 0 fully saturated rings. The third-order valence-corrected chi connectivity index (χ3v) is 6.53. The quantitative estimate of drug-likeness (QED) is 0.240. The Morgan fingerprint density at radius 2 is 1.80 bits per heavy atom. The number of benzene rings is 2. The molecule has 2 heterocycles. The Kier molecular flexibility index (Phi) is 7.72. The van der Waals surface area contributed by atoms with Crippen molar-refractivity contribution in [3.63, 3.8) is 0 Å². The van der Waals surface area contributed by atoms with Crippen LogP contribution in [0.2, 0.25) is 0 Å². The van der Waals surface area contributed by atoms with E-state index in [2.05, 4.69) is 20.5 Å². The fourth-order valence-electron chi connectivity index (χ4n) is 3.67. The number of hydrogen-bond acceptors (Lipinski definition) is 6. The van der Waals surface area contributed by atoms with Crippen LogP contribution in [-0.2, 0) is 4.79 Å². The van der Waals surface area contributed by atoms with Gasteiger partial charge in [-0.2, -0.15) is 0 Å². The van der Waals surface area contributed by atoms with Crippen LogP contribution in [0, 0.1) is 6.92 Å². The lowest BCUT2D eigenvalue weighted by Crippen LogP contribution is -2.15. The molecular formula is C27H27N5O2S. The number of aryl methyl sites for hydroxylation is 1. The van der Waals surface area contributed by atoms with Crippen LogP contribution in [0.15, 0.2) is 78.2 Å². The standard InChI is InChI=1S/C27H27N5O2S/c1-4-8-24(33)29-22-14-12-20(13-15-22)25(34)19(3)35-27-31-30-26(21-10-7-16-28-17-21)32(27)23-11-6-5-9-18(23)2/h5-7,9-17,19H,4,8H2,1-3H3,(H,29,33). The average molecular weight is 486 g/mol. The topological polar surface area (TPSA) is 89.8 Å². The van der Waals surface area contributed by atoms with Gasteiger partial charge in [0.2, 0.25) is 5.91 Å². The zero-order valence-electron chi connectivity index (χ0n) is 19.9. The van der Waals surface area contributed by atoms with E-state index in [9.17, 15) is 9.59 Å². The minimum Gasteiger partial charge on any atom is -0.326 e. The Morgan fingerprint density at radius 1 is 1.03 bits per heavy atom. The number of ketones is 1. The van der Waals surface area contributed by atoms with E-state index >= 15 is 0 Å². The number of anilines is 1. The van der Waals surface area contributed by atoms with Crippen molar-refractivity contribution < 1.29 is 9.59 Å². The second-order valence-corrected chi connectivity index (χ2v) is 9.48. The molecule has 1 atom stereocenters. The maximum absolute atomic E-state index is 13.2. The molecule has 35 heavy (non-hydrogen) atoms. The molecule has 4 aromatic rings. The molecule has 0 saturated heterocycles. The predicted octanol–water partition coefficient (Wildman–Crippen LogP) is 5.74. The number of carbonyl (C=O) groups is 2. The van der Waals surface area contributed by atoms with Gasteiger partial charge in [-0.15, -0.1) is 10.2 Å². The number of aromatic nitrogens is 4. The van der Waals surface area contributed by atoms with Gasteiger partial charge in [-0.25, -0.2) is 0 Å². The molecule has 2 aromatic carbocycles. The van der Waals surface area contributed by atoms with Crippen LogP contribution in [0.25, 0.3) is 17.1 Å². The summed E-state index contributed by atoms with van der Waals surface area (Å²) in [6.45, 7) is 5.86. The Balaban J connectivity index is 1.59. The zero-order valence-corrected chi connectivity index (χ0v) is 20.7. The number of rotatable bonds is 9. The highest BCUT2D eigenvalue weighted by atomic mass is 32.2. The predicted molar refractivity (Wildman–Crippen MR) is 139 cm³/mol. The van der Waals surface area contributed by atoms with E-state index in [0.717, 1.165) is 23.2 Å². The maximum atomic E-state index is 13.2. The molecule has 1 unspecified atom stereocenters. The molecule has 1 amide bonds. The number of para-hydroxylation sites is 1. The van der Waals surface area contributed by atoms with E-state index < -0.39 is 5.25 Å². The summed E-state index contributed by atoms with van der Waals surface area (Å²) < 4.78 is 1.98. The molecule has 0 saturated carbocycles. The Hall–Kier alpha value is -3.78. The van der Waals surface area contributed by atoms with Gasteiger partial charge in [-0.1, -0.05) is 36.9 Å². The Morgan fingerprint density at radius 3 is 2.49 bits per heavy atom. The van der Waals surface area contributed by atoms with Gasteiger partial charge >= 0.3 is 0 Å². The smallest absolute Gasteiger partial charge is 0.224 e. The number of nitrogens with one attached hydrogen (secondary N) is 1. The molecular weight excluding hydrogens is 458 g/mol. The number of nitrogens with zero attached hydrogens (tertiary/aromatic N) is 4. The first-order valence-corrected chi connectivity index (χ1v) is 12.4. The molecule has 1 N–H and O–H groups in total.